The molecular weight excluding hydrogens is 469 g/mol. The molecule has 0 spiro atoms. The number of methoxy groups -OCH3 is 1. The molecule has 1 aliphatic rings. The zero-order chi connectivity index (χ0) is 25.9. The van der Waals surface area contributed by atoms with Crippen LogP contribution in [0.25, 0.3) is 0 Å². The fraction of sp³-hybridized carbons (Fsp3) is 0.167. The number of ether oxygens (including phenoxy) is 1. The van der Waals surface area contributed by atoms with Gasteiger partial charge in [0.15, 0.2) is 0 Å². The number of carbonyl (C=O) groups is 2. The third-order valence-electron chi connectivity index (χ3n) is 6.58. The maximum Gasteiger partial charge on any atom is 0.255 e. The summed E-state index contributed by atoms with van der Waals surface area (Å²) in [5, 5.41) is 2.96. The van der Waals surface area contributed by atoms with Crippen LogP contribution in [0.2, 0.25) is 0 Å². The molecule has 0 bridgehead atoms. The van der Waals surface area contributed by atoms with Crippen LogP contribution >= 0.6 is 0 Å². The van der Waals surface area contributed by atoms with Crippen LogP contribution < -0.4 is 10.1 Å². The van der Waals surface area contributed by atoms with E-state index >= 15 is 0 Å². The molecule has 6 nitrogen and oxygen atoms in total. The van der Waals surface area contributed by atoms with Crippen molar-refractivity contribution in [2.45, 2.75) is 25.4 Å². The Balaban J connectivity index is 1.63. The monoisotopic (exact) mass is 495 g/mol. The number of carbonyl (C=O) groups excluding carboxylic acids is 2. The number of rotatable bonds is 6. The van der Waals surface area contributed by atoms with Gasteiger partial charge in [0.2, 0.25) is 5.91 Å². The van der Waals surface area contributed by atoms with Gasteiger partial charge >= 0.3 is 0 Å². The molecule has 3 aromatic carbocycles. The molecule has 0 fully saturated rings. The maximum absolute atomic E-state index is 13.9. The van der Waals surface area contributed by atoms with Crippen molar-refractivity contribution in [2.75, 3.05) is 12.4 Å². The van der Waals surface area contributed by atoms with E-state index in [0.29, 0.717) is 22.7 Å². The summed E-state index contributed by atoms with van der Waals surface area (Å²) in [6, 6.07) is 25.4. The Morgan fingerprint density at radius 3 is 2.41 bits per heavy atom. The summed E-state index contributed by atoms with van der Waals surface area (Å²) in [5.41, 5.74) is 3.43. The zero-order valence-corrected chi connectivity index (χ0v) is 20.5. The number of hydrogen-bond donors (Lipinski definition) is 1. The lowest BCUT2D eigenvalue weighted by atomic mass is 9.79. The summed E-state index contributed by atoms with van der Waals surface area (Å²) in [7, 11) is 1.58. The second-order valence-corrected chi connectivity index (χ2v) is 9.00. The van der Waals surface area contributed by atoms with Crippen LogP contribution in [0.1, 0.15) is 44.7 Å². The lowest BCUT2D eigenvalue weighted by molar-refractivity contribution is -0.119. The van der Waals surface area contributed by atoms with Crippen molar-refractivity contribution in [3.63, 3.8) is 0 Å². The number of benzene rings is 3. The maximum atomic E-state index is 13.9. The molecule has 0 aliphatic carbocycles. The van der Waals surface area contributed by atoms with Crippen LogP contribution in [0, 0.1) is 12.7 Å². The van der Waals surface area contributed by atoms with Gasteiger partial charge in [0.1, 0.15) is 17.4 Å². The third-order valence-corrected chi connectivity index (χ3v) is 6.58. The van der Waals surface area contributed by atoms with Crippen LogP contribution in [-0.4, -0.2) is 28.8 Å². The van der Waals surface area contributed by atoms with E-state index in [0.717, 1.165) is 16.8 Å². The predicted molar refractivity (Wildman–Crippen MR) is 139 cm³/mol. The number of aromatic nitrogens is 1. The summed E-state index contributed by atoms with van der Waals surface area (Å²) in [4.78, 5) is 33.9. The van der Waals surface area contributed by atoms with E-state index in [9.17, 15) is 14.0 Å². The smallest absolute Gasteiger partial charge is 0.255 e. The Hall–Kier alpha value is -4.52. The van der Waals surface area contributed by atoms with Gasteiger partial charge in [-0.15, -0.1) is 0 Å². The summed E-state index contributed by atoms with van der Waals surface area (Å²) < 4.78 is 18.9. The van der Waals surface area contributed by atoms with Crippen LogP contribution in [0.15, 0.2) is 91.0 Å². The van der Waals surface area contributed by atoms with Gasteiger partial charge in [-0.3, -0.25) is 9.59 Å². The largest absolute Gasteiger partial charge is 0.497 e. The van der Waals surface area contributed by atoms with E-state index in [1.165, 1.54) is 12.1 Å². The molecule has 0 unspecified atom stereocenters. The SMILES string of the molecule is COc1ccc([C@H]2[C@@H](C(=O)Nc3cccc(C)n3)c3ccccc3C(=O)N2Cc2ccc(F)cc2)cc1. The molecule has 0 radical (unpaired) electrons. The fourth-order valence-corrected chi connectivity index (χ4v) is 4.83. The first kappa shape index (κ1) is 24.2. The highest BCUT2D eigenvalue weighted by molar-refractivity contribution is 6.04. The lowest BCUT2D eigenvalue weighted by Gasteiger charge is -2.42. The molecule has 186 valence electrons. The van der Waals surface area contributed by atoms with E-state index in [1.807, 2.05) is 55.5 Å². The third kappa shape index (κ3) is 4.93. The minimum absolute atomic E-state index is 0.196. The van der Waals surface area contributed by atoms with Gasteiger partial charge in [-0.05, 0) is 66.1 Å². The van der Waals surface area contributed by atoms with Crippen molar-refractivity contribution < 1.29 is 18.7 Å². The Morgan fingerprint density at radius 2 is 1.70 bits per heavy atom. The quantitative estimate of drug-likeness (QED) is 0.375. The zero-order valence-electron chi connectivity index (χ0n) is 20.5. The topological polar surface area (TPSA) is 71.5 Å². The van der Waals surface area contributed by atoms with Crippen molar-refractivity contribution in [1.29, 1.82) is 0 Å². The number of amides is 2. The summed E-state index contributed by atoms with van der Waals surface area (Å²) >= 11 is 0. The van der Waals surface area contributed by atoms with Crippen LogP contribution in [0.5, 0.6) is 5.75 Å². The number of anilines is 1. The van der Waals surface area contributed by atoms with Gasteiger partial charge in [0, 0.05) is 17.8 Å². The van der Waals surface area contributed by atoms with Gasteiger partial charge in [0.25, 0.3) is 5.91 Å². The van der Waals surface area contributed by atoms with Gasteiger partial charge in [-0.25, -0.2) is 9.37 Å². The number of aryl methyl sites for hydroxylation is 1. The average molecular weight is 496 g/mol. The molecule has 2 atom stereocenters. The first-order chi connectivity index (χ1) is 17.9. The molecule has 1 aromatic heterocycles. The highest BCUT2D eigenvalue weighted by Crippen LogP contribution is 2.44. The van der Waals surface area contributed by atoms with Gasteiger partial charge < -0.3 is 15.0 Å². The molecule has 4 aromatic rings. The molecule has 2 amide bonds. The molecule has 2 heterocycles. The number of pyridine rings is 1. The second kappa shape index (κ2) is 10.2. The van der Waals surface area contributed by atoms with Crippen LogP contribution in [0.3, 0.4) is 0 Å². The molecular formula is C30H26FN3O3. The lowest BCUT2D eigenvalue weighted by Crippen LogP contribution is -2.45. The van der Waals surface area contributed by atoms with E-state index in [1.54, 1.807) is 42.3 Å². The number of nitrogens with zero attached hydrogens (tertiary/aromatic N) is 2. The van der Waals surface area contributed by atoms with E-state index in [2.05, 4.69) is 10.3 Å². The highest BCUT2D eigenvalue weighted by atomic mass is 19.1. The Kier molecular flexibility index (Phi) is 6.68. The average Bonchev–Trinajstić information content (AvgIpc) is 2.91. The van der Waals surface area contributed by atoms with Crippen molar-refractivity contribution in [3.05, 3.63) is 125 Å². The molecule has 0 saturated heterocycles. The second-order valence-electron chi connectivity index (χ2n) is 9.00. The number of hydrogen-bond acceptors (Lipinski definition) is 4. The van der Waals surface area contributed by atoms with Gasteiger partial charge in [-0.1, -0.05) is 48.5 Å². The van der Waals surface area contributed by atoms with Gasteiger partial charge in [0.05, 0.1) is 19.1 Å². The van der Waals surface area contributed by atoms with Crippen LogP contribution in [0.4, 0.5) is 10.2 Å². The van der Waals surface area contributed by atoms with Crippen molar-refractivity contribution >= 4 is 17.6 Å². The van der Waals surface area contributed by atoms with E-state index < -0.39 is 12.0 Å². The Morgan fingerprint density at radius 1 is 0.973 bits per heavy atom. The number of halogens is 1. The number of fused-ring (bicyclic) bond motifs is 1. The molecule has 0 saturated carbocycles. The molecule has 1 N–H and O–H groups in total. The number of nitrogens with one attached hydrogen (secondary N) is 1. The summed E-state index contributed by atoms with van der Waals surface area (Å²) in [6.07, 6.45) is 0. The van der Waals surface area contributed by atoms with E-state index in [4.69, 9.17) is 4.74 Å². The van der Waals surface area contributed by atoms with E-state index in [-0.39, 0.29) is 24.2 Å². The van der Waals surface area contributed by atoms with Gasteiger partial charge in [-0.2, -0.15) is 0 Å². The Bertz CT molecular complexity index is 1440. The van der Waals surface area contributed by atoms with Crippen LogP contribution in [-0.2, 0) is 11.3 Å². The summed E-state index contributed by atoms with van der Waals surface area (Å²) in [6.45, 7) is 2.06. The minimum atomic E-state index is -0.718. The minimum Gasteiger partial charge on any atom is -0.497 e. The Labute approximate surface area is 214 Å². The van der Waals surface area contributed by atoms with Crippen molar-refractivity contribution in [3.8, 4) is 5.75 Å². The van der Waals surface area contributed by atoms with Crippen molar-refractivity contribution in [2.24, 2.45) is 0 Å². The molecule has 1 aliphatic heterocycles. The normalized spacial score (nSPS) is 16.7. The fourth-order valence-electron chi connectivity index (χ4n) is 4.83. The first-order valence-electron chi connectivity index (χ1n) is 12.0. The standard InChI is InChI=1S/C30H26FN3O3/c1-19-6-5-9-26(32-19)33-29(35)27-24-7-3-4-8-25(24)30(36)34(18-20-10-14-22(31)15-11-20)28(27)21-12-16-23(37-2)17-13-21/h3-17,27-28H,18H2,1-2H3,(H,32,33,35)/t27-,28-/m0/s1. The molecule has 5 rings (SSSR count). The highest BCUT2D eigenvalue weighted by Gasteiger charge is 2.44. The van der Waals surface area contributed by atoms with Crippen molar-refractivity contribution in [1.82, 2.24) is 9.88 Å². The first-order valence-corrected chi connectivity index (χ1v) is 12.0. The molecule has 7 heteroatoms. The predicted octanol–water partition coefficient (Wildman–Crippen LogP) is 5.66. The summed E-state index contributed by atoms with van der Waals surface area (Å²) in [5.74, 6) is -0.431. The molecule has 37 heavy (non-hydrogen) atoms.